The van der Waals surface area contributed by atoms with Crippen LogP contribution in [0.3, 0.4) is 0 Å². The topological polar surface area (TPSA) is 50.7 Å². The minimum absolute atomic E-state index is 0.589. The molecule has 1 N–H and O–H groups in total. The lowest BCUT2D eigenvalue weighted by atomic mass is 9.96. The average Bonchev–Trinajstić information content (AvgIpc) is 3.09. The van der Waals surface area contributed by atoms with Crippen molar-refractivity contribution in [3.05, 3.63) is 35.8 Å². The Morgan fingerprint density at radius 1 is 0.909 bits per heavy atom. The number of aromatic nitrogens is 3. The standard InChI is InChI=1S/C18H22N4/c1-2-6-14(5-1)20-18-15-7-3-4-8-16(15)21-17(22-18)13-9-11-19-12-10-13/h9-12,14H,1-8H2,(H,20,21,22). The first-order valence-electron chi connectivity index (χ1n) is 8.47. The lowest BCUT2D eigenvalue weighted by Crippen LogP contribution is -2.20. The molecule has 4 nitrogen and oxygen atoms in total. The van der Waals surface area contributed by atoms with E-state index in [2.05, 4.69) is 10.3 Å². The van der Waals surface area contributed by atoms with E-state index in [-0.39, 0.29) is 0 Å². The number of anilines is 1. The van der Waals surface area contributed by atoms with Gasteiger partial charge in [-0.05, 0) is 50.7 Å². The molecular formula is C18H22N4. The number of hydrogen-bond acceptors (Lipinski definition) is 4. The molecule has 0 atom stereocenters. The van der Waals surface area contributed by atoms with Crippen LogP contribution in [-0.4, -0.2) is 21.0 Å². The smallest absolute Gasteiger partial charge is 0.161 e. The summed E-state index contributed by atoms with van der Waals surface area (Å²) in [5, 5.41) is 3.71. The van der Waals surface area contributed by atoms with Crippen molar-refractivity contribution in [2.75, 3.05) is 5.32 Å². The molecule has 1 saturated carbocycles. The molecule has 0 saturated heterocycles. The van der Waals surface area contributed by atoms with Gasteiger partial charge in [0.1, 0.15) is 5.82 Å². The zero-order valence-electron chi connectivity index (χ0n) is 12.9. The third-order valence-electron chi connectivity index (χ3n) is 4.82. The molecule has 2 aromatic heterocycles. The van der Waals surface area contributed by atoms with Gasteiger partial charge in [0.05, 0.1) is 0 Å². The van der Waals surface area contributed by atoms with Gasteiger partial charge in [-0.2, -0.15) is 0 Å². The molecule has 114 valence electrons. The first-order valence-corrected chi connectivity index (χ1v) is 8.47. The zero-order valence-corrected chi connectivity index (χ0v) is 12.9. The molecule has 2 aliphatic carbocycles. The predicted octanol–water partition coefficient (Wildman–Crippen LogP) is 3.77. The van der Waals surface area contributed by atoms with E-state index in [1.165, 1.54) is 49.8 Å². The summed E-state index contributed by atoms with van der Waals surface area (Å²) in [6.07, 6.45) is 13.5. The van der Waals surface area contributed by atoms with E-state index in [1.54, 1.807) is 0 Å². The lowest BCUT2D eigenvalue weighted by Gasteiger charge is -2.22. The largest absolute Gasteiger partial charge is 0.367 e. The lowest BCUT2D eigenvalue weighted by molar-refractivity contribution is 0.659. The summed E-state index contributed by atoms with van der Waals surface area (Å²) in [5.74, 6) is 1.92. The highest BCUT2D eigenvalue weighted by Crippen LogP contribution is 2.30. The summed E-state index contributed by atoms with van der Waals surface area (Å²) in [5.41, 5.74) is 3.65. The summed E-state index contributed by atoms with van der Waals surface area (Å²) in [7, 11) is 0. The SMILES string of the molecule is c1cc(-c2nc3c(c(NC4CCCC4)n2)CCCC3)ccn1. The fourth-order valence-corrected chi connectivity index (χ4v) is 3.61. The third-order valence-corrected chi connectivity index (χ3v) is 4.82. The number of aryl methyl sites for hydroxylation is 1. The second kappa shape index (κ2) is 6.03. The van der Waals surface area contributed by atoms with Crippen LogP contribution in [-0.2, 0) is 12.8 Å². The van der Waals surface area contributed by atoms with Crippen molar-refractivity contribution in [2.45, 2.75) is 57.4 Å². The van der Waals surface area contributed by atoms with Gasteiger partial charge in [-0.25, -0.2) is 9.97 Å². The van der Waals surface area contributed by atoms with E-state index in [0.717, 1.165) is 30.0 Å². The van der Waals surface area contributed by atoms with Crippen molar-refractivity contribution in [2.24, 2.45) is 0 Å². The Balaban J connectivity index is 1.74. The van der Waals surface area contributed by atoms with Crippen LogP contribution in [0.25, 0.3) is 11.4 Å². The van der Waals surface area contributed by atoms with Crippen molar-refractivity contribution in [3.8, 4) is 11.4 Å². The summed E-state index contributed by atoms with van der Waals surface area (Å²) in [6.45, 7) is 0. The van der Waals surface area contributed by atoms with Gasteiger partial charge in [-0.1, -0.05) is 12.8 Å². The summed E-state index contributed by atoms with van der Waals surface area (Å²) >= 11 is 0. The van der Waals surface area contributed by atoms with Gasteiger partial charge in [-0.3, -0.25) is 4.98 Å². The first kappa shape index (κ1) is 13.7. The molecule has 22 heavy (non-hydrogen) atoms. The second-order valence-corrected chi connectivity index (χ2v) is 6.39. The maximum atomic E-state index is 4.87. The number of rotatable bonds is 3. The Hall–Kier alpha value is -1.97. The van der Waals surface area contributed by atoms with Crippen LogP contribution in [0.4, 0.5) is 5.82 Å². The maximum absolute atomic E-state index is 4.87. The Kier molecular flexibility index (Phi) is 3.75. The number of fused-ring (bicyclic) bond motifs is 1. The Morgan fingerprint density at radius 3 is 2.50 bits per heavy atom. The van der Waals surface area contributed by atoms with Crippen molar-refractivity contribution in [1.82, 2.24) is 15.0 Å². The zero-order chi connectivity index (χ0) is 14.8. The summed E-state index contributed by atoms with van der Waals surface area (Å²) < 4.78 is 0. The van der Waals surface area contributed by atoms with Gasteiger partial charge >= 0.3 is 0 Å². The number of nitrogens with one attached hydrogen (secondary N) is 1. The summed E-state index contributed by atoms with van der Waals surface area (Å²) in [6, 6.07) is 4.57. The molecular weight excluding hydrogens is 272 g/mol. The molecule has 0 aromatic carbocycles. The molecule has 0 bridgehead atoms. The van der Waals surface area contributed by atoms with Gasteiger partial charge in [0.2, 0.25) is 0 Å². The molecule has 0 unspecified atom stereocenters. The fraction of sp³-hybridized carbons (Fsp3) is 0.500. The Morgan fingerprint density at radius 2 is 1.68 bits per heavy atom. The second-order valence-electron chi connectivity index (χ2n) is 6.39. The van der Waals surface area contributed by atoms with Gasteiger partial charge in [0, 0.05) is 35.3 Å². The van der Waals surface area contributed by atoms with E-state index < -0.39 is 0 Å². The van der Waals surface area contributed by atoms with Gasteiger partial charge in [0.25, 0.3) is 0 Å². The number of hydrogen-bond donors (Lipinski definition) is 1. The predicted molar refractivity (Wildman–Crippen MR) is 87.8 cm³/mol. The van der Waals surface area contributed by atoms with Crippen molar-refractivity contribution >= 4 is 5.82 Å². The molecule has 2 aromatic rings. The first-order chi connectivity index (χ1) is 10.9. The van der Waals surface area contributed by atoms with E-state index in [4.69, 9.17) is 9.97 Å². The molecule has 2 heterocycles. The Bertz CT molecular complexity index is 648. The van der Waals surface area contributed by atoms with Crippen molar-refractivity contribution in [1.29, 1.82) is 0 Å². The van der Waals surface area contributed by atoms with Crippen LogP contribution in [0.15, 0.2) is 24.5 Å². The van der Waals surface area contributed by atoms with E-state index in [0.29, 0.717) is 6.04 Å². The van der Waals surface area contributed by atoms with Crippen LogP contribution in [0.1, 0.15) is 49.8 Å². The molecule has 4 heteroatoms. The van der Waals surface area contributed by atoms with Crippen molar-refractivity contribution < 1.29 is 0 Å². The molecule has 0 aliphatic heterocycles. The molecule has 2 aliphatic rings. The molecule has 4 rings (SSSR count). The number of nitrogens with zero attached hydrogens (tertiary/aromatic N) is 3. The van der Waals surface area contributed by atoms with Crippen LogP contribution in [0.2, 0.25) is 0 Å². The Labute approximate surface area is 131 Å². The quantitative estimate of drug-likeness (QED) is 0.936. The van der Waals surface area contributed by atoms with Crippen LogP contribution in [0, 0.1) is 0 Å². The van der Waals surface area contributed by atoms with Gasteiger partial charge in [0.15, 0.2) is 5.82 Å². The third kappa shape index (κ3) is 2.70. The summed E-state index contributed by atoms with van der Waals surface area (Å²) in [4.78, 5) is 13.8. The van der Waals surface area contributed by atoms with Crippen molar-refractivity contribution in [3.63, 3.8) is 0 Å². The highest BCUT2D eigenvalue weighted by Gasteiger charge is 2.22. The van der Waals surface area contributed by atoms with E-state index >= 15 is 0 Å². The van der Waals surface area contributed by atoms with E-state index in [9.17, 15) is 0 Å². The van der Waals surface area contributed by atoms with Crippen LogP contribution < -0.4 is 5.32 Å². The number of pyridine rings is 1. The highest BCUT2D eigenvalue weighted by molar-refractivity contribution is 5.60. The van der Waals surface area contributed by atoms with Gasteiger partial charge < -0.3 is 5.32 Å². The molecule has 1 fully saturated rings. The van der Waals surface area contributed by atoms with Crippen LogP contribution in [0.5, 0.6) is 0 Å². The fourth-order valence-electron chi connectivity index (χ4n) is 3.61. The van der Waals surface area contributed by atoms with Crippen LogP contribution >= 0.6 is 0 Å². The average molecular weight is 294 g/mol. The van der Waals surface area contributed by atoms with Gasteiger partial charge in [-0.15, -0.1) is 0 Å². The molecule has 0 spiro atoms. The molecule has 0 amide bonds. The monoisotopic (exact) mass is 294 g/mol. The normalized spacial score (nSPS) is 18.2. The maximum Gasteiger partial charge on any atom is 0.161 e. The van der Waals surface area contributed by atoms with E-state index in [1.807, 2.05) is 24.5 Å². The minimum atomic E-state index is 0.589. The molecule has 0 radical (unpaired) electrons. The minimum Gasteiger partial charge on any atom is -0.367 e. The highest BCUT2D eigenvalue weighted by atomic mass is 15.1.